The second-order valence-corrected chi connectivity index (χ2v) is 11.4. The summed E-state index contributed by atoms with van der Waals surface area (Å²) in [5, 5.41) is 4.20. The van der Waals surface area contributed by atoms with Crippen LogP contribution in [0.1, 0.15) is 57.7 Å². The van der Waals surface area contributed by atoms with E-state index in [0.29, 0.717) is 36.2 Å². The number of halogens is 1. The number of carbonyl (C=O) groups is 1. The van der Waals surface area contributed by atoms with Crippen molar-refractivity contribution in [1.82, 2.24) is 19.9 Å². The van der Waals surface area contributed by atoms with Crippen molar-refractivity contribution in [3.8, 4) is 22.6 Å². The van der Waals surface area contributed by atoms with Crippen LogP contribution in [0, 0.1) is 11.2 Å². The number of nitrogens with two attached hydrogens (primary N) is 1. The number of rotatable bonds is 6. The first-order chi connectivity index (χ1) is 18.7. The fourth-order valence-electron chi connectivity index (χ4n) is 5.22. The Balaban J connectivity index is 1.37. The lowest BCUT2D eigenvalue weighted by Gasteiger charge is -2.21. The Hall–Kier alpha value is -3.98. The van der Waals surface area contributed by atoms with E-state index in [1.54, 1.807) is 12.1 Å². The first kappa shape index (κ1) is 25.3. The molecule has 2 atom stereocenters. The Morgan fingerprint density at radius 2 is 1.87 bits per heavy atom. The number of fused-ring (bicyclic) bond motifs is 1. The maximum Gasteiger partial charge on any atom is 0.312 e. The van der Waals surface area contributed by atoms with Gasteiger partial charge in [-0.1, -0.05) is 18.2 Å². The molecule has 1 unspecified atom stereocenters. The van der Waals surface area contributed by atoms with Crippen molar-refractivity contribution < 1.29 is 18.7 Å². The zero-order valence-electron chi connectivity index (χ0n) is 22.3. The summed E-state index contributed by atoms with van der Waals surface area (Å²) in [5.41, 5.74) is 9.88. The van der Waals surface area contributed by atoms with Gasteiger partial charge in [-0.2, -0.15) is 0 Å². The summed E-state index contributed by atoms with van der Waals surface area (Å²) in [4.78, 5) is 21.5. The van der Waals surface area contributed by atoms with E-state index < -0.39 is 5.41 Å². The highest BCUT2D eigenvalue weighted by Gasteiger charge is 2.39. The number of benzene rings is 2. The molecule has 2 aromatic carbocycles. The Bertz CT molecular complexity index is 1540. The van der Waals surface area contributed by atoms with Gasteiger partial charge in [0.1, 0.15) is 35.1 Å². The number of esters is 1. The fourth-order valence-corrected chi connectivity index (χ4v) is 5.22. The molecule has 6 rings (SSSR count). The predicted molar refractivity (Wildman–Crippen MR) is 147 cm³/mol. The molecule has 202 valence electrons. The molecule has 2 fully saturated rings. The Kier molecular flexibility index (Phi) is 6.26. The lowest BCUT2D eigenvalue weighted by Crippen LogP contribution is -2.33. The molecule has 0 amide bonds. The van der Waals surface area contributed by atoms with Gasteiger partial charge in [0.15, 0.2) is 6.23 Å². The minimum atomic E-state index is -0.571. The summed E-state index contributed by atoms with van der Waals surface area (Å²) in [7, 11) is 0. The quantitative estimate of drug-likeness (QED) is 0.298. The van der Waals surface area contributed by atoms with Crippen LogP contribution < -0.4 is 15.8 Å². The average molecular weight is 530 g/mol. The number of nitrogen functional groups attached to an aromatic ring is 1. The van der Waals surface area contributed by atoms with E-state index in [1.807, 2.05) is 45.0 Å². The van der Waals surface area contributed by atoms with Crippen LogP contribution in [0.25, 0.3) is 22.2 Å². The highest BCUT2D eigenvalue weighted by atomic mass is 19.1. The molecule has 8 nitrogen and oxygen atoms in total. The lowest BCUT2D eigenvalue weighted by molar-refractivity contribution is -0.159. The standard InChI is InChI=1S/C30H32FN5O3/c1-30(2,3)29(37)39-23-14-20(15-33-23)36-26(18-7-8-18)24(25-27(32)34-16-35-28(25)36)17-9-11-21(12-10-17)38-22-6-4-5-19(31)13-22/h4-6,9-13,16,18,20,23,33H,7-8,14-15H2,1-3H3,(H2,32,34,35)/t20-,23?/m1/s1. The largest absolute Gasteiger partial charge is 0.457 e. The van der Waals surface area contributed by atoms with Crippen LogP contribution in [-0.4, -0.2) is 33.3 Å². The van der Waals surface area contributed by atoms with Crippen LogP contribution in [0.3, 0.4) is 0 Å². The van der Waals surface area contributed by atoms with Gasteiger partial charge in [-0.3, -0.25) is 10.1 Å². The van der Waals surface area contributed by atoms with E-state index in [0.717, 1.165) is 35.0 Å². The van der Waals surface area contributed by atoms with E-state index >= 15 is 0 Å². The molecule has 9 heteroatoms. The molecular formula is C30H32FN5O3. The molecule has 2 aromatic heterocycles. The van der Waals surface area contributed by atoms with E-state index in [2.05, 4.69) is 19.9 Å². The predicted octanol–water partition coefficient (Wildman–Crippen LogP) is 5.94. The third kappa shape index (κ3) is 4.94. The number of anilines is 1. The minimum Gasteiger partial charge on any atom is -0.457 e. The second kappa shape index (κ2) is 9.64. The van der Waals surface area contributed by atoms with Gasteiger partial charge in [-0.15, -0.1) is 0 Å². The van der Waals surface area contributed by atoms with Crippen molar-refractivity contribution in [1.29, 1.82) is 0 Å². The number of nitrogens with one attached hydrogen (secondary N) is 1. The van der Waals surface area contributed by atoms with Gasteiger partial charge >= 0.3 is 5.97 Å². The first-order valence-corrected chi connectivity index (χ1v) is 13.3. The molecule has 0 bridgehead atoms. The number of nitrogens with zero attached hydrogens (tertiary/aromatic N) is 3. The van der Waals surface area contributed by atoms with Crippen molar-refractivity contribution in [3.05, 3.63) is 66.4 Å². The van der Waals surface area contributed by atoms with Crippen molar-refractivity contribution in [2.75, 3.05) is 12.3 Å². The summed E-state index contributed by atoms with van der Waals surface area (Å²) in [6.45, 7) is 6.21. The van der Waals surface area contributed by atoms with Crippen molar-refractivity contribution >= 4 is 22.8 Å². The molecule has 1 saturated carbocycles. The molecule has 4 aromatic rings. The summed E-state index contributed by atoms with van der Waals surface area (Å²) in [6, 6.07) is 13.8. The maximum absolute atomic E-state index is 13.6. The number of ether oxygens (including phenoxy) is 2. The van der Waals surface area contributed by atoms with Crippen LogP contribution in [0.15, 0.2) is 54.9 Å². The smallest absolute Gasteiger partial charge is 0.312 e. The van der Waals surface area contributed by atoms with E-state index in [1.165, 1.54) is 24.2 Å². The monoisotopic (exact) mass is 529 g/mol. The van der Waals surface area contributed by atoms with Crippen LogP contribution in [0.4, 0.5) is 10.2 Å². The molecular weight excluding hydrogens is 497 g/mol. The Labute approximate surface area is 226 Å². The van der Waals surface area contributed by atoms with Crippen LogP contribution >= 0.6 is 0 Å². The summed E-state index contributed by atoms with van der Waals surface area (Å²) in [5.74, 6) is 1.27. The van der Waals surface area contributed by atoms with Crippen LogP contribution in [0.2, 0.25) is 0 Å². The highest BCUT2D eigenvalue weighted by molar-refractivity contribution is 6.03. The normalized spacial score (nSPS) is 19.4. The van der Waals surface area contributed by atoms with Gasteiger partial charge in [0, 0.05) is 30.3 Å². The van der Waals surface area contributed by atoms with E-state index in [9.17, 15) is 9.18 Å². The SMILES string of the molecule is CC(C)(C)C(=O)OC1C[C@@H](n2c(C3CC3)c(-c3ccc(Oc4cccc(F)c4)cc3)c3c(N)ncnc32)CN1. The molecule has 0 spiro atoms. The van der Waals surface area contributed by atoms with Gasteiger partial charge < -0.3 is 19.8 Å². The summed E-state index contributed by atoms with van der Waals surface area (Å²) in [6.07, 6.45) is 3.94. The molecule has 3 heterocycles. The first-order valence-electron chi connectivity index (χ1n) is 13.3. The molecule has 2 aliphatic rings. The van der Waals surface area contributed by atoms with Crippen molar-refractivity contribution in [3.63, 3.8) is 0 Å². The number of hydrogen-bond acceptors (Lipinski definition) is 7. The molecule has 1 saturated heterocycles. The van der Waals surface area contributed by atoms with Gasteiger partial charge in [-0.05, 0) is 69.4 Å². The van der Waals surface area contributed by atoms with Crippen LogP contribution in [-0.2, 0) is 9.53 Å². The number of aromatic nitrogens is 3. The third-order valence-corrected chi connectivity index (χ3v) is 7.28. The van der Waals surface area contributed by atoms with Gasteiger partial charge in [-0.25, -0.2) is 14.4 Å². The summed E-state index contributed by atoms with van der Waals surface area (Å²) >= 11 is 0. The zero-order valence-corrected chi connectivity index (χ0v) is 22.3. The number of carbonyl (C=O) groups excluding carboxylic acids is 1. The highest BCUT2D eigenvalue weighted by Crippen LogP contribution is 2.51. The van der Waals surface area contributed by atoms with E-state index in [-0.39, 0.29) is 24.1 Å². The van der Waals surface area contributed by atoms with Gasteiger partial charge in [0.2, 0.25) is 0 Å². The second-order valence-electron chi connectivity index (χ2n) is 11.4. The van der Waals surface area contributed by atoms with Crippen molar-refractivity contribution in [2.45, 2.75) is 58.2 Å². The minimum absolute atomic E-state index is 0.0412. The molecule has 1 aliphatic carbocycles. The summed E-state index contributed by atoms with van der Waals surface area (Å²) < 4.78 is 27.5. The zero-order chi connectivity index (χ0) is 27.3. The van der Waals surface area contributed by atoms with Crippen molar-refractivity contribution in [2.24, 2.45) is 5.41 Å². The molecule has 1 aliphatic heterocycles. The van der Waals surface area contributed by atoms with Gasteiger partial charge in [0.25, 0.3) is 0 Å². The Morgan fingerprint density at radius 3 is 2.56 bits per heavy atom. The van der Waals surface area contributed by atoms with E-state index in [4.69, 9.17) is 15.2 Å². The fraction of sp³-hybridized carbons (Fsp3) is 0.367. The molecule has 0 radical (unpaired) electrons. The van der Waals surface area contributed by atoms with Gasteiger partial charge in [0.05, 0.1) is 16.8 Å². The average Bonchev–Trinajstić information content (AvgIpc) is 3.53. The van der Waals surface area contributed by atoms with Crippen LogP contribution in [0.5, 0.6) is 11.5 Å². The lowest BCUT2D eigenvalue weighted by atomic mass is 9.97. The molecule has 3 N–H and O–H groups in total. The maximum atomic E-state index is 13.6. The topological polar surface area (TPSA) is 104 Å². The molecule has 39 heavy (non-hydrogen) atoms. The Morgan fingerprint density at radius 1 is 1.10 bits per heavy atom. The third-order valence-electron chi connectivity index (χ3n) is 7.28. The number of hydrogen-bond donors (Lipinski definition) is 2.